The third-order valence-electron chi connectivity index (χ3n) is 3.50. The molecule has 1 heterocycles. The molecule has 1 fully saturated rings. The molecule has 1 aliphatic rings. The van der Waals surface area contributed by atoms with Crippen molar-refractivity contribution in [2.75, 3.05) is 13.1 Å². The molecule has 4 heteroatoms. The third kappa shape index (κ3) is 4.10. The van der Waals surface area contributed by atoms with Crippen molar-refractivity contribution in [2.24, 2.45) is 11.7 Å². The second-order valence-electron chi connectivity index (χ2n) is 5.78. The molecule has 1 aliphatic carbocycles. The van der Waals surface area contributed by atoms with Gasteiger partial charge in [-0.1, -0.05) is 13.8 Å². The van der Waals surface area contributed by atoms with Gasteiger partial charge in [-0.2, -0.15) is 0 Å². The lowest BCUT2D eigenvalue weighted by Gasteiger charge is -2.21. The lowest BCUT2D eigenvalue weighted by molar-refractivity contribution is 0.237. The first-order valence-corrected chi connectivity index (χ1v) is 7.14. The predicted molar refractivity (Wildman–Crippen MR) is 74.2 cm³/mol. The Morgan fingerprint density at radius 1 is 1.50 bits per heavy atom. The highest BCUT2D eigenvalue weighted by atomic mass is 15.2. The number of rotatable bonds is 8. The molecule has 0 atom stereocenters. The van der Waals surface area contributed by atoms with E-state index in [-0.39, 0.29) is 0 Å². The molecule has 0 saturated heterocycles. The van der Waals surface area contributed by atoms with Crippen LogP contribution in [0.2, 0.25) is 0 Å². The van der Waals surface area contributed by atoms with Crippen LogP contribution in [-0.4, -0.2) is 33.6 Å². The van der Waals surface area contributed by atoms with Crippen LogP contribution in [0.15, 0.2) is 12.5 Å². The van der Waals surface area contributed by atoms with Crippen molar-refractivity contribution < 1.29 is 0 Å². The van der Waals surface area contributed by atoms with Crippen LogP contribution in [0, 0.1) is 5.92 Å². The van der Waals surface area contributed by atoms with E-state index in [0.29, 0.717) is 6.54 Å². The normalized spacial score (nSPS) is 15.8. The molecule has 102 valence electrons. The maximum atomic E-state index is 5.55. The van der Waals surface area contributed by atoms with Crippen LogP contribution in [0.1, 0.15) is 38.8 Å². The summed E-state index contributed by atoms with van der Waals surface area (Å²) in [6.07, 6.45) is 8.04. The summed E-state index contributed by atoms with van der Waals surface area (Å²) in [6, 6.07) is 0.809. The molecule has 2 rings (SSSR count). The predicted octanol–water partition coefficient (Wildman–Crippen LogP) is 1.85. The van der Waals surface area contributed by atoms with Gasteiger partial charge in [0, 0.05) is 31.9 Å². The smallest absolute Gasteiger partial charge is 0.0950 e. The molecule has 1 aromatic rings. The second-order valence-corrected chi connectivity index (χ2v) is 5.78. The fraction of sp³-hybridized carbons (Fsp3) is 0.786. The van der Waals surface area contributed by atoms with Gasteiger partial charge in [-0.15, -0.1) is 0 Å². The molecule has 0 amide bonds. The number of hydrogen-bond acceptors (Lipinski definition) is 3. The van der Waals surface area contributed by atoms with Gasteiger partial charge < -0.3 is 10.3 Å². The summed E-state index contributed by atoms with van der Waals surface area (Å²) in [4.78, 5) is 7.07. The minimum atomic E-state index is 0.676. The van der Waals surface area contributed by atoms with E-state index in [0.717, 1.165) is 25.0 Å². The quantitative estimate of drug-likeness (QED) is 0.766. The van der Waals surface area contributed by atoms with Crippen molar-refractivity contribution in [1.29, 1.82) is 0 Å². The highest BCUT2D eigenvalue weighted by molar-refractivity contribution is 4.99. The number of nitrogens with zero attached hydrogens (tertiary/aromatic N) is 3. The number of hydrogen-bond donors (Lipinski definition) is 1. The minimum absolute atomic E-state index is 0.676. The molecule has 0 unspecified atom stereocenters. The van der Waals surface area contributed by atoms with E-state index in [1.807, 2.05) is 6.33 Å². The fourth-order valence-electron chi connectivity index (χ4n) is 2.22. The van der Waals surface area contributed by atoms with Crippen LogP contribution < -0.4 is 5.73 Å². The maximum absolute atomic E-state index is 5.55. The molecule has 0 aromatic carbocycles. The zero-order valence-electron chi connectivity index (χ0n) is 11.7. The lowest BCUT2D eigenvalue weighted by Crippen LogP contribution is -2.27. The molecule has 2 N–H and O–H groups in total. The highest BCUT2D eigenvalue weighted by Gasteiger charge is 2.29. The van der Waals surface area contributed by atoms with Gasteiger partial charge in [0.1, 0.15) is 0 Å². The van der Waals surface area contributed by atoms with E-state index in [9.17, 15) is 0 Å². The topological polar surface area (TPSA) is 47.1 Å². The molecule has 4 nitrogen and oxygen atoms in total. The van der Waals surface area contributed by atoms with E-state index in [2.05, 4.69) is 34.5 Å². The van der Waals surface area contributed by atoms with Crippen molar-refractivity contribution in [3.63, 3.8) is 0 Å². The Labute approximate surface area is 110 Å². The molecule has 0 aliphatic heterocycles. The van der Waals surface area contributed by atoms with Crippen molar-refractivity contribution in [3.05, 3.63) is 18.2 Å². The zero-order valence-corrected chi connectivity index (χ0v) is 11.7. The minimum Gasteiger partial charge on any atom is -0.336 e. The summed E-state index contributed by atoms with van der Waals surface area (Å²) >= 11 is 0. The average molecular weight is 250 g/mol. The van der Waals surface area contributed by atoms with E-state index in [4.69, 9.17) is 5.73 Å². The van der Waals surface area contributed by atoms with Gasteiger partial charge in [0.2, 0.25) is 0 Å². The molecule has 0 bridgehead atoms. The van der Waals surface area contributed by atoms with Gasteiger partial charge in [0.15, 0.2) is 0 Å². The molecule has 1 aromatic heterocycles. The summed E-state index contributed by atoms with van der Waals surface area (Å²) in [5, 5.41) is 0. The number of imidazole rings is 1. The Hall–Kier alpha value is -0.870. The average Bonchev–Trinajstić information content (AvgIpc) is 3.07. The molecule has 1 saturated carbocycles. The van der Waals surface area contributed by atoms with Crippen LogP contribution in [0.5, 0.6) is 0 Å². The van der Waals surface area contributed by atoms with Crippen LogP contribution in [0.25, 0.3) is 0 Å². The first kappa shape index (κ1) is 13.6. The van der Waals surface area contributed by atoms with Gasteiger partial charge in [-0.05, 0) is 31.7 Å². The zero-order chi connectivity index (χ0) is 13.0. The molecule has 18 heavy (non-hydrogen) atoms. The fourth-order valence-corrected chi connectivity index (χ4v) is 2.22. The largest absolute Gasteiger partial charge is 0.336 e. The SMILES string of the molecule is CC(C)CCN(Cc1cn(CCN)cn1)C1CC1. The van der Waals surface area contributed by atoms with Gasteiger partial charge in [-0.3, -0.25) is 4.90 Å². The standard InChI is InChI=1S/C14H26N4/c1-12(2)5-7-18(14-3-4-14)10-13-9-17(8-6-15)11-16-13/h9,11-12,14H,3-8,10,15H2,1-2H3. The van der Waals surface area contributed by atoms with Crippen molar-refractivity contribution in [2.45, 2.75) is 52.2 Å². The van der Waals surface area contributed by atoms with E-state index >= 15 is 0 Å². The molecule has 0 spiro atoms. The maximum Gasteiger partial charge on any atom is 0.0950 e. The van der Waals surface area contributed by atoms with Gasteiger partial charge >= 0.3 is 0 Å². The summed E-state index contributed by atoms with van der Waals surface area (Å²) in [5.74, 6) is 0.779. The summed E-state index contributed by atoms with van der Waals surface area (Å²) in [6.45, 7) is 8.32. The van der Waals surface area contributed by atoms with Gasteiger partial charge in [0.25, 0.3) is 0 Å². The third-order valence-corrected chi connectivity index (χ3v) is 3.50. The van der Waals surface area contributed by atoms with Crippen molar-refractivity contribution in [1.82, 2.24) is 14.5 Å². The first-order chi connectivity index (χ1) is 8.69. The van der Waals surface area contributed by atoms with Gasteiger partial charge in [0.05, 0.1) is 12.0 Å². The summed E-state index contributed by atoms with van der Waals surface area (Å²) in [5.41, 5.74) is 6.73. The lowest BCUT2D eigenvalue weighted by atomic mass is 10.1. The Balaban J connectivity index is 1.86. The second kappa shape index (κ2) is 6.34. The Morgan fingerprint density at radius 3 is 2.89 bits per heavy atom. The summed E-state index contributed by atoms with van der Waals surface area (Å²) in [7, 11) is 0. The number of aromatic nitrogens is 2. The van der Waals surface area contributed by atoms with E-state index in [1.165, 1.54) is 31.5 Å². The number of nitrogens with two attached hydrogens (primary N) is 1. The van der Waals surface area contributed by atoms with Crippen LogP contribution in [0.3, 0.4) is 0 Å². The Morgan fingerprint density at radius 2 is 2.28 bits per heavy atom. The highest BCUT2D eigenvalue weighted by Crippen LogP contribution is 2.28. The Kier molecular flexibility index (Phi) is 4.78. The molecule has 0 radical (unpaired) electrons. The molecular formula is C14H26N4. The van der Waals surface area contributed by atoms with Crippen molar-refractivity contribution in [3.8, 4) is 0 Å². The molecular weight excluding hydrogens is 224 g/mol. The monoisotopic (exact) mass is 250 g/mol. The van der Waals surface area contributed by atoms with Gasteiger partial charge in [-0.25, -0.2) is 4.98 Å². The van der Waals surface area contributed by atoms with Crippen LogP contribution >= 0.6 is 0 Å². The van der Waals surface area contributed by atoms with Crippen molar-refractivity contribution >= 4 is 0 Å². The van der Waals surface area contributed by atoms with E-state index < -0.39 is 0 Å². The van der Waals surface area contributed by atoms with E-state index in [1.54, 1.807) is 0 Å². The Bertz CT molecular complexity index is 354. The summed E-state index contributed by atoms with van der Waals surface area (Å²) < 4.78 is 2.09. The van der Waals surface area contributed by atoms with Crippen LogP contribution in [-0.2, 0) is 13.1 Å². The van der Waals surface area contributed by atoms with Crippen LogP contribution in [0.4, 0.5) is 0 Å². The first-order valence-electron chi connectivity index (χ1n) is 7.14.